The second-order valence-corrected chi connectivity index (χ2v) is 6.64. The van der Waals surface area contributed by atoms with Crippen molar-refractivity contribution >= 4 is 16.8 Å². The van der Waals surface area contributed by atoms with Crippen LogP contribution in [-0.4, -0.2) is 43.6 Å². The van der Waals surface area contributed by atoms with Gasteiger partial charge in [0.25, 0.3) is 5.91 Å². The Morgan fingerprint density at radius 1 is 1.25 bits per heavy atom. The maximum atomic E-state index is 12.8. The Kier molecular flexibility index (Phi) is 3.59. The highest BCUT2D eigenvalue weighted by Crippen LogP contribution is 2.27. The van der Waals surface area contributed by atoms with E-state index < -0.39 is 0 Å². The zero-order valence-electron chi connectivity index (χ0n) is 14.0. The number of nitrogens with one attached hydrogen (secondary N) is 1. The SMILES string of the molecule is Cc1ccc2cc(C(=O)N3CCC(c4nncn4C)CC3)[nH]c2c1. The third-order valence-corrected chi connectivity index (χ3v) is 4.90. The molecule has 0 aliphatic carbocycles. The first-order chi connectivity index (χ1) is 11.6. The summed E-state index contributed by atoms with van der Waals surface area (Å²) in [4.78, 5) is 18.0. The van der Waals surface area contributed by atoms with Crippen LogP contribution in [0.5, 0.6) is 0 Å². The summed E-state index contributed by atoms with van der Waals surface area (Å²) in [6.07, 6.45) is 3.59. The number of amides is 1. The number of likely N-dealkylation sites (tertiary alicyclic amines) is 1. The number of hydrogen-bond donors (Lipinski definition) is 1. The minimum absolute atomic E-state index is 0.0836. The van der Waals surface area contributed by atoms with Crippen molar-refractivity contribution in [1.29, 1.82) is 0 Å². The van der Waals surface area contributed by atoms with E-state index in [0.717, 1.165) is 42.7 Å². The molecule has 6 heteroatoms. The van der Waals surface area contributed by atoms with Crippen LogP contribution in [0.3, 0.4) is 0 Å². The van der Waals surface area contributed by atoms with Gasteiger partial charge in [0.1, 0.15) is 17.8 Å². The third kappa shape index (κ3) is 2.58. The fourth-order valence-corrected chi connectivity index (χ4v) is 3.53. The molecule has 0 bridgehead atoms. The van der Waals surface area contributed by atoms with E-state index in [1.54, 1.807) is 6.33 Å². The number of aromatic nitrogens is 4. The van der Waals surface area contributed by atoms with E-state index in [2.05, 4.69) is 40.3 Å². The van der Waals surface area contributed by atoms with Crippen LogP contribution in [0.25, 0.3) is 10.9 Å². The summed E-state index contributed by atoms with van der Waals surface area (Å²) in [6.45, 7) is 3.56. The van der Waals surface area contributed by atoms with Gasteiger partial charge in [0.05, 0.1) is 0 Å². The Morgan fingerprint density at radius 2 is 2.04 bits per heavy atom. The molecule has 1 amide bonds. The van der Waals surface area contributed by atoms with Crippen molar-refractivity contribution in [2.24, 2.45) is 7.05 Å². The molecule has 0 saturated carbocycles. The molecule has 3 heterocycles. The molecule has 1 aliphatic rings. The van der Waals surface area contributed by atoms with Crippen molar-refractivity contribution in [2.45, 2.75) is 25.7 Å². The van der Waals surface area contributed by atoms with E-state index in [-0.39, 0.29) is 5.91 Å². The summed E-state index contributed by atoms with van der Waals surface area (Å²) in [5, 5.41) is 9.25. The highest BCUT2D eigenvalue weighted by molar-refractivity contribution is 5.98. The van der Waals surface area contributed by atoms with Crippen molar-refractivity contribution in [2.75, 3.05) is 13.1 Å². The molecule has 6 nitrogen and oxygen atoms in total. The first-order valence-corrected chi connectivity index (χ1v) is 8.34. The van der Waals surface area contributed by atoms with Gasteiger partial charge in [-0.15, -0.1) is 10.2 Å². The van der Waals surface area contributed by atoms with Gasteiger partial charge in [0, 0.05) is 37.0 Å². The fraction of sp³-hybridized carbons (Fsp3) is 0.389. The summed E-state index contributed by atoms with van der Waals surface area (Å²) in [6, 6.07) is 8.15. The van der Waals surface area contributed by atoms with Crippen molar-refractivity contribution in [3.63, 3.8) is 0 Å². The van der Waals surface area contributed by atoms with E-state index in [9.17, 15) is 4.79 Å². The van der Waals surface area contributed by atoms with Gasteiger partial charge >= 0.3 is 0 Å². The molecule has 0 atom stereocenters. The highest BCUT2D eigenvalue weighted by Gasteiger charge is 2.27. The van der Waals surface area contributed by atoms with Gasteiger partial charge in [0.2, 0.25) is 0 Å². The molecule has 1 N–H and O–H groups in total. The van der Waals surface area contributed by atoms with Gasteiger partial charge in [-0.2, -0.15) is 0 Å². The summed E-state index contributed by atoms with van der Waals surface area (Å²) < 4.78 is 1.97. The van der Waals surface area contributed by atoms with Crippen LogP contribution in [0.15, 0.2) is 30.6 Å². The molecule has 1 aromatic carbocycles. The van der Waals surface area contributed by atoms with Crippen molar-refractivity contribution in [3.8, 4) is 0 Å². The van der Waals surface area contributed by atoms with Crippen molar-refractivity contribution in [3.05, 3.63) is 47.7 Å². The average molecular weight is 323 g/mol. The van der Waals surface area contributed by atoms with E-state index >= 15 is 0 Å². The lowest BCUT2D eigenvalue weighted by atomic mass is 9.96. The number of nitrogens with zero attached hydrogens (tertiary/aromatic N) is 4. The maximum Gasteiger partial charge on any atom is 0.270 e. The van der Waals surface area contributed by atoms with Crippen LogP contribution in [-0.2, 0) is 7.05 Å². The molecule has 1 saturated heterocycles. The molecule has 3 aromatic rings. The number of aromatic amines is 1. The quantitative estimate of drug-likeness (QED) is 0.788. The summed E-state index contributed by atoms with van der Waals surface area (Å²) >= 11 is 0. The van der Waals surface area contributed by atoms with Crippen LogP contribution in [0.4, 0.5) is 0 Å². The zero-order chi connectivity index (χ0) is 16.7. The topological polar surface area (TPSA) is 66.8 Å². The lowest BCUT2D eigenvalue weighted by Crippen LogP contribution is -2.38. The number of rotatable bonds is 2. The van der Waals surface area contributed by atoms with E-state index in [0.29, 0.717) is 11.6 Å². The van der Waals surface area contributed by atoms with Gasteiger partial charge in [-0.1, -0.05) is 12.1 Å². The highest BCUT2D eigenvalue weighted by atomic mass is 16.2. The molecule has 1 aliphatic heterocycles. The Morgan fingerprint density at radius 3 is 2.75 bits per heavy atom. The molecule has 124 valence electrons. The molecule has 2 aromatic heterocycles. The maximum absolute atomic E-state index is 12.8. The van der Waals surface area contributed by atoms with Gasteiger partial charge < -0.3 is 14.5 Å². The van der Waals surface area contributed by atoms with Crippen molar-refractivity contribution < 1.29 is 4.79 Å². The minimum atomic E-state index is 0.0836. The van der Waals surface area contributed by atoms with E-state index in [1.807, 2.05) is 22.6 Å². The Hall–Kier alpha value is -2.63. The largest absolute Gasteiger partial charge is 0.351 e. The summed E-state index contributed by atoms with van der Waals surface area (Å²) in [7, 11) is 1.97. The first kappa shape index (κ1) is 14.9. The molecule has 4 rings (SSSR count). The molecule has 0 spiro atoms. The lowest BCUT2D eigenvalue weighted by molar-refractivity contribution is 0.0705. The summed E-state index contributed by atoms with van der Waals surface area (Å²) in [5.41, 5.74) is 2.88. The van der Waals surface area contributed by atoms with E-state index in [4.69, 9.17) is 0 Å². The number of carbonyl (C=O) groups excluding carboxylic acids is 1. The molecular weight excluding hydrogens is 302 g/mol. The average Bonchev–Trinajstić information content (AvgIpc) is 3.20. The lowest BCUT2D eigenvalue weighted by Gasteiger charge is -2.31. The van der Waals surface area contributed by atoms with Crippen LogP contribution < -0.4 is 0 Å². The predicted octanol–water partition coefficient (Wildman–Crippen LogP) is 2.62. The monoisotopic (exact) mass is 323 g/mol. The van der Waals surface area contributed by atoms with Gasteiger partial charge in [-0.05, 0) is 37.5 Å². The van der Waals surface area contributed by atoms with Crippen LogP contribution in [0.1, 0.15) is 40.6 Å². The van der Waals surface area contributed by atoms with Crippen molar-refractivity contribution in [1.82, 2.24) is 24.6 Å². The number of aryl methyl sites for hydroxylation is 2. The van der Waals surface area contributed by atoms with Crippen LogP contribution in [0.2, 0.25) is 0 Å². The smallest absolute Gasteiger partial charge is 0.270 e. The standard InChI is InChI=1S/C18H21N5O/c1-12-3-4-14-10-16(20-15(14)9-12)18(24)23-7-5-13(6-8-23)17-21-19-11-22(17)2/h3-4,9-11,13,20H,5-8H2,1-2H3. The number of benzene rings is 1. The van der Waals surface area contributed by atoms with Crippen LogP contribution >= 0.6 is 0 Å². The van der Waals surface area contributed by atoms with Crippen LogP contribution in [0, 0.1) is 6.92 Å². The van der Waals surface area contributed by atoms with E-state index in [1.165, 1.54) is 5.56 Å². The predicted molar refractivity (Wildman–Crippen MR) is 91.9 cm³/mol. The summed E-state index contributed by atoms with van der Waals surface area (Å²) in [5.74, 6) is 1.48. The van der Waals surface area contributed by atoms with Gasteiger partial charge in [-0.3, -0.25) is 4.79 Å². The minimum Gasteiger partial charge on any atom is -0.351 e. The van der Waals surface area contributed by atoms with Gasteiger partial charge in [-0.25, -0.2) is 0 Å². The Labute approximate surface area is 140 Å². The second kappa shape index (κ2) is 5.78. The number of piperidine rings is 1. The Balaban J connectivity index is 1.48. The molecule has 0 unspecified atom stereocenters. The molecule has 0 radical (unpaired) electrons. The fourth-order valence-electron chi connectivity index (χ4n) is 3.53. The number of hydrogen-bond acceptors (Lipinski definition) is 3. The Bertz CT molecular complexity index is 886. The molecule has 24 heavy (non-hydrogen) atoms. The third-order valence-electron chi connectivity index (χ3n) is 4.90. The normalized spacial score (nSPS) is 16.0. The first-order valence-electron chi connectivity index (χ1n) is 8.34. The number of fused-ring (bicyclic) bond motifs is 1. The zero-order valence-corrected chi connectivity index (χ0v) is 14.0. The number of H-pyrrole nitrogens is 1. The number of carbonyl (C=O) groups is 1. The molecular formula is C18H21N5O. The second-order valence-electron chi connectivity index (χ2n) is 6.64. The van der Waals surface area contributed by atoms with Gasteiger partial charge in [0.15, 0.2) is 0 Å². The molecule has 1 fully saturated rings.